The van der Waals surface area contributed by atoms with Crippen molar-refractivity contribution in [3.63, 3.8) is 0 Å². The van der Waals surface area contributed by atoms with E-state index in [4.69, 9.17) is 0 Å². The molecule has 2 atom stereocenters. The van der Waals surface area contributed by atoms with Crippen LogP contribution < -0.4 is 5.32 Å². The largest absolute Gasteiger partial charge is 0.393 e. The van der Waals surface area contributed by atoms with Gasteiger partial charge in [0.25, 0.3) is 0 Å². The molecule has 1 saturated carbocycles. The highest BCUT2D eigenvalue weighted by Gasteiger charge is 2.31. The summed E-state index contributed by atoms with van der Waals surface area (Å²) in [7, 11) is 0. The zero-order valence-corrected chi connectivity index (χ0v) is 13.4. The Kier molecular flexibility index (Phi) is 5.04. The number of nitrogens with one attached hydrogen (secondary N) is 1. The minimum Gasteiger partial charge on any atom is -0.393 e. The molecule has 0 radical (unpaired) electrons. The summed E-state index contributed by atoms with van der Waals surface area (Å²) in [5.74, 6) is 0.248. The van der Waals surface area contributed by atoms with E-state index >= 15 is 0 Å². The van der Waals surface area contributed by atoms with Crippen LogP contribution in [0, 0.1) is 5.92 Å². The van der Waals surface area contributed by atoms with E-state index in [1.165, 1.54) is 5.56 Å². The van der Waals surface area contributed by atoms with E-state index in [9.17, 15) is 9.90 Å². The van der Waals surface area contributed by atoms with Gasteiger partial charge in [0.05, 0.1) is 11.5 Å². The van der Waals surface area contributed by atoms with E-state index in [2.05, 4.69) is 24.4 Å². The molecule has 1 aliphatic carbocycles. The summed E-state index contributed by atoms with van der Waals surface area (Å²) in [4.78, 5) is 12.5. The Bertz CT molecular complexity index is 478. The van der Waals surface area contributed by atoms with Crippen molar-refractivity contribution in [2.75, 3.05) is 6.54 Å². The average molecular weight is 289 g/mol. The number of benzene rings is 1. The maximum atomic E-state index is 12.5. The Morgan fingerprint density at radius 2 is 1.95 bits per heavy atom. The molecule has 1 aromatic rings. The summed E-state index contributed by atoms with van der Waals surface area (Å²) in [6, 6.07) is 8.27. The first-order valence-electron chi connectivity index (χ1n) is 8.01. The van der Waals surface area contributed by atoms with Gasteiger partial charge in [-0.2, -0.15) is 0 Å². The molecule has 0 bridgehead atoms. The number of amides is 1. The highest BCUT2D eigenvalue weighted by Crippen LogP contribution is 2.27. The molecule has 2 N–H and O–H groups in total. The molecular weight excluding hydrogens is 262 g/mol. The van der Waals surface area contributed by atoms with E-state index in [-0.39, 0.29) is 17.9 Å². The number of carbonyl (C=O) groups is 1. The normalized spacial score (nSPS) is 22.3. The van der Waals surface area contributed by atoms with E-state index in [0.29, 0.717) is 6.54 Å². The lowest BCUT2D eigenvalue weighted by Gasteiger charge is -2.26. The Morgan fingerprint density at radius 3 is 2.48 bits per heavy atom. The summed E-state index contributed by atoms with van der Waals surface area (Å²) in [6.07, 6.45) is 3.68. The van der Waals surface area contributed by atoms with Gasteiger partial charge in [0.1, 0.15) is 0 Å². The zero-order valence-electron chi connectivity index (χ0n) is 13.4. The fourth-order valence-corrected chi connectivity index (χ4v) is 2.99. The standard InChI is InChI=1S/C18H27NO2/c1-4-13-8-10-15(11-9-13)18(2,3)17(21)19-12-14-6-5-7-16(14)20/h8-11,14,16,20H,4-7,12H2,1-3H3,(H,19,21). The number of hydrogen-bond acceptors (Lipinski definition) is 2. The lowest BCUT2D eigenvalue weighted by Crippen LogP contribution is -2.43. The van der Waals surface area contributed by atoms with Crippen LogP contribution in [0.4, 0.5) is 0 Å². The van der Waals surface area contributed by atoms with Gasteiger partial charge >= 0.3 is 0 Å². The van der Waals surface area contributed by atoms with Gasteiger partial charge in [0.15, 0.2) is 0 Å². The summed E-state index contributed by atoms with van der Waals surface area (Å²) in [5, 5.41) is 12.9. The summed E-state index contributed by atoms with van der Waals surface area (Å²) < 4.78 is 0. The molecule has 2 unspecified atom stereocenters. The van der Waals surface area contributed by atoms with Crippen LogP contribution in [0.15, 0.2) is 24.3 Å². The van der Waals surface area contributed by atoms with Crippen LogP contribution in [-0.2, 0) is 16.6 Å². The maximum Gasteiger partial charge on any atom is 0.230 e. The first kappa shape index (κ1) is 16.0. The van der Waals surface area contributed by atoms with E-state index in [1.807, 2.05) is 26.0 Å². The third-order valence-corrected chi connectivity index (χ3v) is 4.80. The summed E-state index contributed by atoms with van der Waals surface area (Å²) in [5.41, 5.74) is 1.77. The first-order valence-corrected chi connectivity index (χ1v) is 8.01. The van der Waals surface area contributed by atoms with Crippen LogP contribution in [-0.4, -0.2) is 23.7 Å². The van der Waals surface area contributed by atoms with Crippen molar-refractivity contribution < 1.29 is 9.90 Å². The molecule has 1 amide bonds. The van der Waals surface area contributed by atoms with Crippen molar-refractivity contribution in [1.82, 2.24) is 5.32 Å². The van der Waals surface area contributed by atoms with Crippen molar-refractivity contribution in [1.29, 1.82) is 0 Å². The number of aryl methyl sites for hydroxylation is 1. The molecule has 1 fully saturated rings. The van der Waals surface area contributed by atoms with Crippen molar-refractivity contribution in [2.24, 2.45) is 5.92 Å². The van der Waals surface area contributed by atoms with E-state index in [0.717, 1.165) is 31.2 Å². The molecule has 116 valence electrons. The minimum atomic E-state index is -0.546. The minimum absolute atomic E-state index is 0.0332. The smallest absolute Gasteiger partial charge is 0.230 e. The van der Waals surface area contributed by atoms with Crippen molar-refractivity contribution >= 4 is 5.91 Å². The van der Waals surface area contributed by atoms with Crippen molar-refractivity contribution in [3.05, 3.63) is 35.4 Å². The van der Waals surface area contributed by atoms with Crippen molar-refractivity contribution in [3.8, 4) is 0 Å². The number of hydrogen-bond donors (Lipinski definition) is 2. The fraction of sp³-hybridized carbons (Fsp3) is 0.611. The molecule has 0 saturated heterocycles. The Hall–Kier alpha value is -1.35. The van der Waals surface area contributed by atoms with Crippen LogP contribution >= 0.6 is 0 Å². The predicted molar refractivity (Wildman–Crippen MR) is 85.2 cm³/mol. The Balaban J connectivity index is 1.98. The molecule has 1 aliphatic rings. The number of aliphatic hydroxyl groups excluding tert-OH is 1. The second kappa shape index (κ2) is 6.61. The topological polar surface area (TPSA) is 49.3 Å². The summed E-state index contributed by atoms with van der Waals surface area (Å²) >= 11 is 0. The molecule has 0 spiro atoms. The molecule has 0 heterocycles. The number of carbonyl (C=O) groups excluding carboxylic acids is 1. The van der Waals surface area contributed by atoms with Crippen LogP contribution in [0.5, 0.6) is 0 Å². The molecule has 3 heteroatoms. The van der Waals surface area contributed by atoms with Gasteiger partial charge in [-0.1, -0.05) is 37.6 Å². The van der Waals surface area contributed by atoms with Gasteiger partial charge in [-0.05, 0) is 44.2 Å². The van der Waals surface area contributed by atoms with Gasteiger partial charge in [-0.25, -0.2) is 0 Å². The van der Waals surface area contributed by atoms with Gasteiger partial charge < -0.3 is 10.4 Å². The van der Waals surface area contributed by atoms with Gasteiger partial charge in [0.2, 0.25) is 5.91 Å². The maximum absolute atomic E-state index is 12.5. The second-order valence-corrected chi connectivity index (χ2v) is 6.64. The van der Waals surface area contributed by atoms with Crippen LogP contribution in [0.1, 0.15) is 51.2 Å². The third-order valence-electron chi connectivity index (χ3n) is 4.80. The molecule has 0 aromatic heterocycles. The monoisotopic (exact) mass is 289 g/mol. The lowest BCUT2D eigenvalue weighted by molar-refractivity contribution is -0.126. The Morgan fingerprint density at radius 1 is 1.29 bits per heavy atom. The van der Waals surface area contributed by atoms with Gasteiger partial charge in [-0.3, -0.25) is 4.79 Å². The van der Waals surface area contributed by atoms with E-state index in [1.54, 1.807) is 0 Å². The average Bonchev–Trinajstić information content (AvgIpc) is 2.90. The number of aliphatic hydroxyl groups is 1. The molecule has 3 nitrogen and oxygen atoms in total. The molecule has 0 aliphatic heterocycles. The number of rotatable bonds is 5. The second-order valence-electron chi connectivity index (χ2n) is 6.64. The molecular formula is C18H27NO2. The zero-order chi connectivity index (χ0) is 15.5. The van der Waals surface area contributed by atoms with E-state index < -0.39 is 5.41 Å². The molecule has 2 rings (SSSR count). The first-order chi connectivity index (χ1) is 9.95. The SMILES string of the molecule is CCc1ccc(C(C)(C)C(=O)NCC2CCCC2O)cc1. The van der Waals surface area contributed by atoms with Crippen molar-refractivity contribution in [2.45, 2.75) is 58.0 Å². The summed E-state index contributed by atoms with van der Waals surface area (Å²) in [6.45, 7) is 6.61. The Labute approximate surface area is 127 Å². The highest BCUT2D eigenvalue weighted by molar-refractivity contribution is 5.87. The van der Waals surface area contributed by atoms with Crippen LogP contribution in [0.3, 0.4) is 0 Å². The predicted octanol–water partition coefficient (Wildman–Crippen LogP) is 2.80. The van der Waals surface area contributed by atoms with Crippen LogP contribution in [0.25, 0.3) is 0 Å². The van der Waals surface area contributed by atoms with Crippen LogP contribution in [0.2, 0.25) is 0 Å². The molecule has 21 heavy (non-hydrogen) atoms. The molecule has 1 aromatic carbocycles. The highest BCUT2D eigenvalue weighted by atomic mass is 16.3. The fourth-order valence-electron chi connectivity index (χ4n) is 2.99. The van der Waals surface area contributed by atoms with Gasteiger partial charge in [-0.15, -0.1) is 0 Å². The van der Waals surface area contributed by atoms with Gasteiger partial charge in [0, 0.05) is 12.5 Å². The lowest BCUT2D eigenvalue weighted by atomic mass is 9.83. The third kappa shape index (κ3) is 3.65. The quantitative estimate of drug-likeness (QED) is 0.875.